The maximum absolute atomic E-state index is 11.3. The van der Waals surface area contributed by atoms with Crippen molar-refractivity contribution in [3.63, 3.8) is 0 Å². The number of rotatable bonds is 4. The number of nitrogens with zero attached hydrogens (tertiary/aromatic N) is 5. The Morgan fingerprint density at radius 2 is 2.16 bits per heavy atom. The average molecular weight is 341 g/mol. The van der Waals surface area contributed by atoms with Gasteiger partial charge in [-0.15, -0.1) is 0 Å². The highest BCUT2D eigenvalue weighted by Crippen LogP contribution is 2.33. The number of hydrogen-bond acceptors (Lipinski definition) is 6. The van der Waals surface area contributed by atoms with Gasteiger partial charge in [0.15, 0.2) is 11.6 Å². The van der Waals surface area contributed by atoms with Gasteiger partial charge in [-0.1, -0.05) is 18.9 Å². The van der Waals surface area contributed by atoms with Crippen molar-refractivity contribution in [2.45, 2.75) is 44.2 Å². The lowest BCUT2D eigenvalue weighted by Crippen LogP contribution is -2.29. The fraction of sp³-hybridized carbons (Fsp3) is 0.438. The second-order valence-corrected chi connectivity index (χ2v) is 6.36. The molecule has 0 saturated heterocycles. The minimum Gasteiger partial charge on any atom is -0.391 e. The molecule has 2 heterocycles. The van der Waals surface area contributed by atoms with E-state index in [4.69, 9.17) is 5.73 Å². The van der Waals surface area contributed by atoms with E-state index >= 15 is 0 Å². The summed E-state index contributed by atoms with van der Waals surface area (Å²) in [6, 6.07) is 5.42. The first-order valence-electron chi connectivity index (χ1n) is 8.35. The van der Waals surface area contributed by atoms with Gasteiger partial charge in [0.2, 0.25) is 5.91 Å². The summed E-state index contributed by atoms with van der Waals surface area (Å²) >= 11 is 0. The number of aliphatic hydroxyl groups is 1. The van der Waals surface area contributed by atoms with Crippen molar-refractivity contribution in [3.05, 3.63) is 24.0 Å². The summed E-state index contributed by atoms with van der Waals surface area (Å²) in [5.41, 5.74) is 7.44. The first kappa shape index (κ1) is 15.7. The third-order valence-electron chi connectivity index (χ3n) is 4.60. The topological polar surface area (TPSA) is 136 Å². The van der Waals surface area contributed by atoms with Crippen LogP contribution in [0, 0.1) is 0 Å². The van der Waals surface area contributed by atoms with Crippen molar-refractivity contribution in [3.8, 4) is 11.4 Å². The molecule has 1 amide bonds. The maximum Gasteiger partial charge on any atom is 0.225 e. The summed E-state index contributed by atoms with van der Waals surface area (Å²) in [6.07, 6.45) is 3.00. The molecular weight excluding hydrogens is 322 g/mol. The number of nitrogens with one attached hydrogen (secondary N) is 1. The molecule has 1 fully saturated rings. The Morgan fingerprint density at radius 3 is 2.96 bits per heavy atom. The van der Waals surface area contributed by atoms with Gasteiger partial charge in [0, 0.05) is 5.56 Å². The first-order chi connectivity index (χ1) is 12.1. The number of hydrogen-bond donors (Lipinski definition) is 3. The molecule has 1 aromatic carbocycles. The third kappa shape index (κ3) is 2.86. The molecule has 25 heavy (non-hydrogen) atoms. The van der Waals surface area contributed by atoms with E-state index in [1.165, 1.54) is 0 Å². The van der Waals surface area contributed by atoms with Crippen LogP contribution in [0.5, 0.6) is 0 Å². The van der Waals surface area contributed by atoms with E-state index in [0.29, 0.717) is 22.7 Å². The van der Waals surface area contributed by atoms with Crippen LogP contribution in [0.2, 0.25) is 0 Å². The number of amides is 1. The normalized spacial score (nSPS) is 20.8. The highest BCUT2D eigenvalue weighted by molar-refractivity contribution is 5.89. The number of aromatic nitrogens is 6. The fourth-order valence-electron chi connectivity index (χ4n) is 3.44. The molecule has 0 bridgehead atoms. The minimum atomic E-state index is -0.493. The smallest absolute Gasteiger partial charge is 0.225 e. The molecule has 2 atom stereocenters. The van der Waals surface area contributed by atoms with Crippen LogP contribution in [0.1, 0.15) is 37.5 Å². The molecule has 4 N–H and O–H groups in total. The molecule has 0 spiro atoms. The van der Waals surface area contributed by atoms with Gasteiger partial charge in [0.05, 0.1) is 18.6 Å². The maximum atomic E-state index is 11.3. The van der Waals surface area contributed by atoms with Crippen LogP contribution < -0.4 is 5.73 Å². The molecule has 0 unspecified atom stereocenters. The van der Waals surface area contributed by atoms with Crippen molar-refractivity contribution in [2.75, 3.05) is 0 Å². The number of carbonyl (C=O) groups is 1. The summed E-state index contributed by atoms with van der Waals surface area (Å²) in [6.45, 7) is 0. The summed E-state index contributed by atoms with van der Waals surface area (Å²) in [5, 5.41) is 25.8. The van der Waals surface area contributed by atoms with Crippen LogP contribution in [0.25, 0.3) is 22.4 Å². The van der Waals surface area contributed by atoms with Gasteiger partial charge in [-0.2, -0.15) is 20.5 Å². The van der Waals surface area contributed by atoms with E-state index in [1.807, 2.05) is 18.2 Å². The van der Waals surface area contributed by atoms with E-state index in [0.717, 1.165) is 31.2 Å². The van der Waals surface area contributed by atoms with Gasteiger partial charge in [-0.3, -0.25) is 4.79 Å². The van der Waals surface area contributed by atoms with Gasteiger partial charge in [-0.05, 0) is 25.0 Å². The van der Waals surface area contributed by atoms with E-state index < -0.39 is 12.0 Å². The second kappa shape index (κ2) is 6.25. The SMILES string of the molecule is NC(=O)Cc1nc(-c2cccc3n[nH]nc23)n([C@@H]2CCCC[C@H]2O)n1. The van der Waals surface area contributed by atoms with Crippen molar-refractivity contribution < 1.29 is 9.90 Å². The number of aliphatic hydroxyl groups excluding tert-OH is 1. The Morgan fingerprint density at radius 1 is 1.32 bits per heavy atom. The standard InChI is InChI=1S/C16H19N7O2/c17-13(25)8-14-18-16(9-4-3-5-10-15(9)20-22-19-10)23(21-14)11-6-1-2-7-12(11)24/h3-5,11-12,24H,1-2,6-8H2,(H2,17,25)(H,19,20,22)/t11-,12-/m1/s1. The number of H-pyrrole nitrogens is 1. The van der Waals surface area contributed by atoms with Gasteiger partial charge in [0.25, 0.3) is 0 Å². The Bertz CT molecular complexity index is 916. The van der Waals surface area contributed by atoms with Crippen molar-refractivity contribution in [1.82, 2.24) is 30.2 Å². The molecule has 9 heteroatoms. The average Bonchev–Trinajstić information content (AvgIpc) is 3.21. The molecule has 130 valence electrons. The minimum absolute atomic E-state index is 0.0440. The molecule has 1 aliphatic carbocycles. The molecule has 1 saturated carbocycles. The monoisotopic (exact) mass is 341 g/mol. The van der Waals surface area contributed by atoms with Crippen LogP contribution in [-0.4, -0.2) is 47.3 Å². The van der Waals surface area contributed by atoms with E-state index in [1.54, 1.807) is 4.68 Å². The zero-order valence-electron chi connectivity index (χ0n) is 13.6. The summed E-state index contributed by atoms with van der Waals surface area (Å²) in [5.74, 6) is 0.426. The Hall–Kier alpha value is -2.81. The van der Waals surface area contributed by atoms with Gasteiger partial charge < -0.3 is 10.8 Å². The Balaban J connectivity index is 1.86. The number of fused-ring (bicyclic) bond motifs is 1. The number of para-hydroxylation sites is 1. The predicted molar refractivity (Wildman–Crippen MR) is 89.3 cm³/mol. The second-order valence-electron chi connectivity index (χ2n) is 6.36. The lowest BCUT2D eigenvalue weighted by Gasteiger charge is -2.28. The van der Waals surface area contributed by atoms with Crippen LogP contribution >= 0.6 is 0 Å². The predicted octanol–water partition coefficient (Wildman–Crippen LogP) is 0.720. The largest absolute Gasteiger partial charge is 0.391 e. The molecule has 9 nitrogen and oxygen atoms in total. The lowest BCUT2D eigenvalue weighted by atomic mass is 9.92. The van der Waals surface area contributed by atoms with Crippen LogP contribution in [-0.2, 0) is 11.2 Å². The highest BCUT2D eigenvalue weighted by atomic mass is 16.3. The summed E-state index contributed by atoms with van der Waals surface area (Å²) < 4.78 is 1.73. The van der Waals surface area contributed by atoms with Gasteiger partial charge in [-0.25, -0.2) is 9.67 Å². The molecule has 0 radical (unpaired) electrons. The molecule has 1 aliphatic rings. The Kier molecular flexibility index (Phi) is 3.92. The molecule has 3 aromatic rings. The van der Waals surface area contributed by atoms with Crippen LogP contribution in [0.3, 0.4) is 0 Å². The molecular formula is C16H19N7O2. The van der Waals surface area contributed by atoms with Crippen molar-refractivity contribution in [2.24, 2.45) is 5.73 Å². The first-order valence-corrected chi connectivity index (χ1v) is 8.35. The zero-order valence-corrected chi connectivity index (χ0v) is 13.6. The quantitative estimate of drug-likeness (QED) is 0.640. The van der Waals surface area contributed by atoms with Crippen LogP contribution in [0.15, 0.2) is 18.2 Å². The summed E-state index contributed by atoms with van der Waals surface area (Å²) in [4.78, 5) is 15.8. The third-order valence-corrected chi connectivity index (χ3v) is 4.60. The number of aromatic amines is 1. The van der Waals surface area contributed by atoms with Gasteiger partial charge >= 0.3 is 0 Å². The van der Waals surface area contributed by atoms with E-state index in [-0.39, 0.29) is 12.5 Å². The molecule has 2 aromatic heterocycles. The number of carbonyl (C=O) groups excluding carboxylic acids is 1. The summed E-state index contributed by atoms with van der Waals surface area (Å²) in [7, 11) is 0. The molecule has 4 rings (SSSR count). The highest BCUT2D eigenvalue weighted by Gasteiger charge is 2.29. The number of nitrogens with two attached hydrogens (primary N) is 1. The lowest BCUT2D eigenvalue weighted by molar-refractivity contribution is -0.117. The molecule has 0 aliphatic heterocycles. The van der Waals surface area contributed by atoms with Gasteiger partial charge in [0.1, 0.15) is 11.0 Å². The zero-order chi connectivity index (χ0) is 17.4. The number of benzene rings is 1. The van der Waals surface area contributed by atoms with E-state index in [2.05, 4.69) is 25.5 Å². The van der Waals surface area contributed by atoms with Crippen molar-refractivity contribution >= 4 is 16.9 Å². The Labute approximate surface area is 143 Å². The fourth-order valence-corrected chi connectivity index (χ4v) is 3.44. The van der Waals surface area contributed by atoms with E-state index in [9.17, 15) is 9.90 Å². The van der Waals surface area contributed by atoms with Crippen LogP contribution in [0.4, 0.5) is 0 Å². The number of primary amides is 1. The van der Waals surface area contributed by atoms with Crippen molar-refractivity contribution in [1.29, 1.82) is 0 Å².